The molecule has 0 fully saturated rings. The van der Waals surface area contributed by atoms with E-state index < -0.39 is 0 Å². The Balaban J connectivity index is 0.00000386. The van der Waals surface area contributed by atoms with Gasteiger partial charge in [0.25, 0.3) is 0 Å². The molecule has 0 saturated carbocycles. The average molecular weight is 709 g/mol. The van der Waals surface area contributed by atoms with E-state index in [-0.39, 0.29) is 25.8 Å². The van der Waals surface area contributed by atoms with Crippen LogP contribution in [0.2, 0.25) is 0 Å². The van der Waals surface area contributed by atoms with E-state index in [1.54, 1.807) is 0 Å². The quantitative estimate of drug-likeness (QED) is 0.122. The summed E-state index contributed by atoms with van der Waals surface area (Å²) in [6.45, 7) is 13.1. The fraction of sp³-hybridized carbons (Fsp3) is 0.220. The van der Waals surface area contributed by atoms with E-state index in [0.29, 0.717) is 11.5 Å². The largest absolute Gasteiger partial charge is 2.00 e. The number of nitrogens with zero attached hydrogens (tertiary/aromatic N) is 4. The van der Waals surface area contributed by atoms with Gasteiger partial charge in [0.2, 0.25) is 0 Å². The number of pyridine rings is 1. The first-order valence-corrected chi connectivity index (χ1v) is 16.0. The third kappa shape index (κ3) is 6.16. The first kappa shape index (κ1) is 32.4. The maximum atomic E-state index is 6.55. The Labute approximate surface area is 290 Å². The number of aryl methyl sites for hydroxylation is 3. The topological polar surface area (TPSA) is 44.9 Å². The van der Waals surface area contributed by atoms with Crippen LogP contribution in [0.3, 0.4) is 0 Å². The van der Waals surface area contributed by atoms with Crippen molar-refractivity contribution in [3.8, 4) is 34.1 Å². The number of rotatable bonds is 7. The zero-order valence-corrected chi connectivity index (χ0v) is 29.2. The van der Waals surface area contributed by atoms with Gasteiger partial charge in [-0.2, -0.15) is 16.7 Å². The van der Waals surface area contributed by atoms with Gasteiger partial charge in [-0.05, 0) is 53.7 Å². The SMILES string of the molecule is CCCc1nn(-c2[c-]c(Oc3[c-]c4c(cc3)c3ccccc3n4-c3cc(C)ccn3)cc(C)c2)c(C(C)(C)C)c1-c1ccccc1.[Pd+2]. The van der Waals surface area contributed by atoms with Gasteiger partial charge in [-0.1, -0.05) is 95.1 Å². The molecule has 0 spiro atoms. The molecule has 47 heavy (non-hydrogen) atoms. The molecule has 0 amide bonds. The second kappa shape index (κ2) is 13.0. The van der Waals surface area contributed by atoms with Crippen molar-refractivity contribution in [2.24, 2.45) is 0 Å². The maximum Gasteiger partial charge on any atom is 2.00 e. The van der Waals surface area contributed by atoms with Crippen molar-refractivity contribution in [2.45, 2.75) is 59.8 Å². The molecule has 0 N–H and O–H groups in total. The van der Waals surface area contributed by atoms with Crippen LogP contribution in [0.25, 0.3) is 44.4 Å². The van der Waals surface area contributed by atoms with Crippen LogP contribution < -0.4 is 4.74 Å². The van der Waals surface area contributed by atoms with Crippen molar-refractivity contribution in [3.63, 3.8) is 0 Å². The molecule has 0 bridgehead atoms. The van der Waals surface area contributed by atoms with E-state index in [1.165, 1.54) is 11.1 Å². The molecule has 3 heterocycles. The third-order valence-electron chi connectivity index (χ3n) is 8.33. The van der Waals surface area contributed by atoms with Gasteiger partial charge in [-0.3, -0.25) is 4.68 Å². The molecular weight excluding hydrogens is 671 g/mol. The van der Waals surface area contributed by atoms with Crippen LogP contribution in [-0.2, 0) is 32.3 Å². The summed E-state index contributed by atoms with van der Waals surface area (Å²) in [7, 11) is 0. The van der Waals surface area contributed by atoms with Crippen molar-refractivity contribution in [3.05, 3.63) is 132 Å². The number of benzene rings is 4. The number of hydrogen-bond acceptors (Lipinski definition) is 3. The van der Waals surface area contributed by atoms with Crippen LogP contribution in [0.15, 0.2) is 97.2 Å². The summed E-state index contributed by atoms with van der Waals surface area (Å²) in [5.74, 6) is 2.09. The van der Waals surface area contributed by atoms with Crippen molar-refractivity contribution in [1.29, 1.82) is 0 Å². The average Bonchev–Trinajstić information content (AvgIpc) is 3.58. The van der Waals surface area contributed by atoms with Crippen molar-refractivity contribution < 1.29 is 25.2 Å². The van der Waals surface area contributed by atoms with Crippen molar-refractivity contribution in [1.82, 2.24) is 19.3 Å². The van der Waals surface area contributed by atoms with Crippen LogP contribution in [0.4, 0.5) is 0 Å². The minimum absolute atomic E-state index is 0. The Morgan fingerprint density at radius 2 is 1.55 bits per heavy atom. The molecule has 0 unspecified atom stereocenters. The van der Waals surface area contributed by atoms with Gasteiger partial charge in [0.1, 0.15) is 5.82 Å². The number of ether oxygens (including phenoxy) is 1. The molecule has 0 aliphatic carbocycles. The Morgan fingerprint density at radius 1 is 0.787 bits per heavy atom. The number of fused-ring (bicyclic) bond motifs is 3. The molecule has 0 aliphatic heterocycles. The van der Waals surface area contributed by atoms with Gasteiger partial charge < -0.3 is 9.30 Å². The second-order valence-electron chi connectivity index (χ2n) is 13.1. The molecule has 5 nitrogen and oxygen atoms in total. The Kier molecular flexibility index (Phi) is 8.94. The standard InChI is InChI=1S/C41H38N4O.Pd/c1-7-13-35-39(29-14-9-8-10-15-29)40(41(4,5)6)45(43-35)30-22-28(3)23-32(25-30)46-31-18-19-34-33-16-11-12-17-36(33)44(37(34)26-31)38-24-27(2)20-21-42-38;/h8-12,14-24H,7,13H2,1-6H3;/q-2;+2. The molecule has 6 heteroatoms. The molecule has 0 atom stereocenters. The van der Waals surface area contributed by atoms with Crippen LogP contribution in [-0.4, -0.2) is 19.3 Å². The van der Waals surface area contributed by atoms with Crippen LogP contribution in [0.1, 0.15) is 56.6 Å². The Hall–Kier alpha value is -4.50. The molecule has 0 aliphatic rings. The molecule has 3 aromatic heterocycles. The van der Waals surface area contributed by atoms with Gasteiger partial charge in [0.15, 0.2) is 0 Å². The van der Waals surface area contributed by atoms with E-state index in [4.69, 9.17) is 14.8 Å². The van der Waals surface area contributed by atoms with Gasteiger partial charge in [-0.25, -0.2) is 4.98 Å². The molecule has 7 rings (SSSR count). The molecule has 7 aromatic rings. The van der Waals surface area contributed by atoms with Crippen molar-refractivity contribution >= 4 is 21.8 Å². The first-order chi connectivity index (χ1) is 22.2. The van der Waals surface area contributed by atoms with Crippen LogP contribution in [0.5, 0.6) is 11.5 Å². The van der Waals surface area contributed by atoms with Crippen molar-refractivity contribution in [2.75, 3.05) is 0 Å². The fourth-order valence-electron chi connectivity index (χ4n) is 6.41. The zero-order chi connectivity index (χ0) is 32.0. The third-order valence-corrected chi connectivity index (χ3v) is 8.33. The van der Waals surface area contributed by atoms with Crippen LogP contribution in [0, 0.1) is 26.0 Å². The predicted molar refractivity (Wildman–Crippen MR) is 187 cm³/mol. The summed E-state index contributed by atoms with van der Waals surface area (Å²) in [4.78, 5) is 4.71. The zero-order valence-electron chi connectivity index (χ0n) is 27.7. The van der Waals surface area contributed by atoms with E-state index >= 15 is 0 Å². The van der Waals surface area contributed by atoms with Crippen LogP contribution >= 0.6 is 0 Å². The summed E-state index contributed by atoms with van der Waals surface area (Å²) in [5, 5.41) is 7.48. The van der Waals surface area contributed by atoms with E-state index in [0.717, 1.165) is 68.7 Å². The minimum Gasteiger partial charge on any atom is -0.509 e. The van der Waals surface area contributed by atoms with Gasteiger partial charge in [-0.15, -0.1) is 35.7 Å². The molecule has 0 radical (unpaired) electrons. The van der Waals surface area contributed by atoms with E-state index in [2.05, 4.69) is 136 Å². The predicted octanol–water partition coefficient (Wildman–Crippen LogP) is 10.3. The molecular formula is C41H38N4OPd. The second-order valence-corrected chi connectivity index (χ2v) is 13.1. The van der Waals surface area contributed by atoms with E-state index in [9.17, 15) is 0 Å². The number of aromatic nitrogens is 4. The molecule has 238 valence electrons. The van der Waals surface area contributed by atoms with Gasteiger partial charge >= 0.3 is 20.4 Å². The Bertz CT molecular complexity index is 2210. The summed E-state index contributed by atoms with van der Waals surface area (Å²) in [6.07, 6.45) is 3.76. The smallest absolute Gasteiger partial charge is 0.509 e. The number of para-hydroxylation sites is 1. The monoisotopic (exact) mass is 708 g/mol. The fourth-order valence-corrected chi connectivity index (χ4v) is 6.41. The first-order valence-electron chi connectivity index (χ1n) is 16.0. The molecule has 4 aromatic carbocycles. The summed E-state index contributed by atoms with van der Waals surface area (Å²) < 4.78 is 10.8. The Morgan fingerprint density at radius 3 is 2.30 bits per heavy atom. The normalized spacial score (nSPS) is 11.6. The summed E-state index contributed by atoms with van der Waals surface area (Å²) >= 11 is 0. The van der Waals surface area contributed by atoms with Gasteiger partial charge in [0.05, 0.1) is 11.4 Å². The number of hydrogen-bond donors (Lipinski definition) is 0. The molecule has 0 saturated heterocycles. The van der Waals surface area contributed by atoms with E-state index in [1.807, 2.05) is 24.4 Å². The summed E-state index contributed by atoms with van der Waals surface area (Å²) in [6, 6.07) is 38.5. The summed E-state index contributed by atoms with van der Waals surface area (Å²) in [5.41, 5.74) is 9.58. The maximum absolute atomic E-state index is 6.55. The minimum atomic E-state index is -0.168. The van der Waals surface area contributed by atoms with Gasteiger partial charge in [0, 0.05) is 34.2 Å².